The maximum Gasteiger partial charge on any atom is 0.274 e. The van der Waals surface area contributed by atoms with Gasteiger partial charge in [0.15, 0.2) is 5.82 Å². The number of hydrogen-bond donors (Lipinski definition) is 0. The molecule has 0 aliphatic carbocycles. The van der Waals surface area contributed by atoms with Crippen LogP contribution in [-0.4, -0.2) is 42.0 Å². The largest absolute Gasteiger partial charge is 0.494 e. The van der Waals surface area contributed by atoms with Gasteiger partial charge in [-0.05, 0) is 62.4 Å². The molecule has 0 bridgehead atoms. The summed E-state index contributed by atoms with van der Waals surface area (Å²) < 4.78 is 12.3. The van der Waals surface area contributed by atoms with Crippen LogP contribution >= 0.6 is 11.3 Å². The van der Waals surface area contributed by atoms with Crippen molar-refractivity contribution in [1.29, 1.82) is 0 Å². The summed E-state index contributed by atoms with van der Waals surface area (Å²) in [5.74, 6) is 2.59. The Bertz CT molecular complexity index is 889. The van der Waals surface area contributed by atoms with E-state index in [-0.39, 0.29) is 0 Å². The lowest BCUT2D eigenvalue weighted by atomic mass is 9.94. The summed E-state index contributed by atoms with van der Waals surface area (Å²) in [5, 5.41) is 9.15. The molecule has 6 nitrogen and oxygen atoms in total. The highest BCUT2D eigenvalue weighted by Crippen LogP contribution is 2.31. The van der Waals surface area contributed by atoms with E-state index < -0.39 is 0 Å². The Hall–Kier alpha value is -2.41. The van der Waals surface area contributed by atoms with Crippen LogP contribution in [0.1, 0.15) is 25.0 Å². The molecule has 1 aliphatic rings. The summed E-state index contributed by atoms with van der Waals surface area (Å²) in [5.41, 5.74) is 1.91. The molecule has 3 heterocycles. The third kappa shape index (κ3) is 4.30. The first-order valence-electron chi connectivity index (χ1n) is 9.34. The van der Waals surface area contributed by atoms with E-state index in [9.17, 15) is 0 Å². The van der Waals surface area contributed by atoms with Crippen LogP contribution in [0.2, 0.25) is 0 Å². The SMILES string of the molecule is COc1nc2ccc(OCCC3CCN(c4ccc(C)nn4)CC3)cc2s1. The molecule has 0 atom stereocenters. The third-order valence-electron chi connectivity index (χ3n) is 5.03. The van der Waals surface area contributed by atoms with Crippen LogP contribution in [0.15, 0.2) is 30.3 Å². The molecule has 1 aliphatic heterocycles. The van der Waals surface area contributed by atoms with Crippen molar-refractivity contribution in [3.05, 3.63) is 36.0 Å². The first-order chi connectivity index (χ1) is 13.2. The van der Waals surface area contributed by atoms with Gasteiger partial charge in [-0.2, -0.15) is 5.10 Å². The lowest BCUT2D eigenvalue weighted by Crippen LogP contribution is -2.34. The van der Waals surface area contributed by atoms with Crippen molar-refractivity contribution in [1.82, 2.24) is 15.2 Å². The molecular formula is C20H24N4O2S. The maximum absolute atomic E-state index is 5.99. The number of thiazole rings is 1. The standard InChI is InChI=1S/C20H24N4O2S/c1-14-3-6-19(23-22-14)24-10-7-15(8-11-24)9-12-26-16-4-5-17-18(13-16)27-20(21-17)25-2/h3-6,13,15H,7-12H2,1-2H3. The zero-order valence-corrected chi connectivity index (χ0v) is 16.5. The second-order valence-corrected chi connectivity index (χ2v) is 7.91. The van der Waals surface area contributed by atoms with E-state index in [0.717, 1.165) is 53.6 Å². The average Bonchev–Trinajstić information content (AvgIpc) is 3.12. The molecule has 1 saturated heterocycles. The summed E-state index contributed by atoms with van der Waals surface area (Å²) in [6, 6.07) is 10.1. The highest BCUT2D eigenvalue weighted by molar-refractivity contribution is 7.20. The number of hydrogen-bond acceptors (Lipinski definition) is 7. The van der Waals surface area contributed by atoms with Gasteiger partial charge in [0, 0.05) is 13.1 Å². The van der Waals surface area contributed by atoms with Crippen molar-refractivity contribution in [3.8, 4) is 10.9 Å². The highest BCUT2D eigenvalue weighted by atomic mass is 32.1. The molecule has 142 valence electrons. The number of aryl methyl sites for hydroxylation is 1. The fraction of sp³-hybridized carbons (Fsp3) is 0.450. The topological polar surface area (TPSA) is 60.4 Å². The molecule has 0 N–H and O–H groups in total. The second kappa shape index (κ2) is 8.08. The Labute approximate surface area is 163 Å². The minimum absolute atomic E-state index is 0.687. The maximum atomic E-state index is 5.99. The van der Waals surface area contributed by atoms with Crippen molar-refractivity contribution in [2.45, 2.75) is 26.2 Å². The van der Waals surface area contributed by atoms with Crippen LogP contribution in [0.25, 0.3) is 10.2 Å². The van der Waals surface area contributed by atoms with Gasteiger partial charge in [0.05, 0.1) is 29.6 Å². The fourth-order valence-corrected chi connectivity index (χ4v) is 4.22. The van der Waals surface area contributed by atoms with Crippen LogP contribution in [0.5, 0.6) is 10.9 Å². The van der Waals surface area contributed by atoms with E-state index in [1.165, 1.54) is 12.8 Å². The number of rotatable bonds is 6. The van der Waals surface area contributed by atoms with E-state index in [1.807, 2.05) is 31.2 Å². The van der Waals surface area contributed by atoms with E-state index in [4.69, 9.17) is 9.47 Å². The Morgan fingerprint density at radius 3 is 2.74 bits per heavy atom. The highest BCUT2D eigenvalue weighted by Gasteiger charge is 2.20. The molecule has 7 heteroatoms. The van der Waals surface area contributed by atoms with Crippen LogP contribution < -0.4 is 14.4 Å². The number of benzene rings is 1. The number of ether oxygens (including phenoxy) is 2. The van der Waals surface area contributed by atoms with Crippen LogP contribution in [0.3, 0.4) is 0 Å². The fourth-order valence-electron chi connectivity index (χ4n) is 3.42. The van der Waals surface area contributed by atoms with Gasteiger partial charge in [0.2, 0.25) is 0 Å². The molecule has 0 amide bonds. The minimum Gasteiger partial charge on any atom is -0.494 e. The van der Waals surface area contributed by atoms with Gasteiger partial charge in [0.1, 0.15) is 5.75 Å². The zero-order valence-electron chi connectivity index (χ0n) is 15.7. The van der Waals surface area contributed by atoms with E-state index in [1.54, 1.807) is 18.4 Å². The zero-order chi connectivity index (χ0) is 18.6. The lowest BCUT2D eigenvalue weighted by molar-refractivity contribution is 0.258. The van der Waals surface area contributed by atoms with Crippen LogP contribution in [0.4, 0.5) is 5.82 Å². The van der Waals surface area contributed by atoms with Crippen LogP contribution in [0, 0.1) is 12.8 Å². The molecule has 0 unspecified atom stereocenters. The van der Waals surface area contributed by atoms with Gasteiger partial charge >= 0.3 is 0 Å². The summed E-state index contributed by atoms with van der Waals surface area (Å²) in [7, 11) is 1.64. The number of fused-ring (bicyclic) bond motifs is 1. The van der Waals surface area contributed by atoms with E-state index in [0.29, 0.717) is 11.1 Å². The molecule has 0 spiro atoms. The summed E-state index contributed by atoms with van der Waals surface area (Å²) in [6.07, 6.45) is 3.42. The Balaban J connectivity index is 1.25. The average molecular weight is 385 g/mol. The van der Waals surface area contributed by atoms with Gasteiger partial charge in [-0.3, -0.25) is 0 Å². The molecule has 27 heavy (non-hydrogen) atoms. The van der Waals surface area contributed by atoms with Crippen molar-refractivity contribution in [2.75, 3.05) is 31.7 Å². The first kappa shape index (κ1) is 18.0. The van der Waals surface area contributed by atoms with Crippen molar-refractivity contribution >= 4 is 27.4 Å². The smallest absolute Gasteiger partial charge is 0.274 e. The quantitative estimate of drug-likeness (QED) is 0.638. The number of piperidine rings is 1. The van der Waals surface area contributed by atoms with Crippen molar-refractivity contribution in [2.24, 2.45) is 5.92 Å². The summed E-state index contributed by atoms with van der Waals surface area (Å²) >= 11 is 1.54. The van der Waals surface area contributed by atoms with Gasteiger partial charge < -0.3 is 14.4 Å². The molecule has 0 saturated carbocycles. The van der Waals surface area contributed by atoms with E-state index in [2.05, 4.69) is 26.1 Å². The predicted octanol–water partition coefficient (Wildman–Crippen LogP) is 4.09. The monoisotopic (exact) mass is 384 g/mol. The van der Waals surface area contributed by atoms with Crippen molar-refractivity contribution in [3.63, 3.8) is 0 Å². The number of nitrogens with zero attached hydrogens (tertiary/aromatic N) is 4. The second-order valence-electron chi connectivity index (χ2n) is 6.91. The number of methoxy groups -OCH3 is 1. The lowest BCUT2D eigenvalue weighted by Gasteiger charge is -2.32. The number of anilines is 1. The summed E-state index contributed by atoms with van der Waals surface area (Å²) in [4.78, 5) is 6.72. The third-order valence-corrected chi connectivity index (χ3v) is 6.01. The Morgan fingerprint density at radius 1 is 1.15 bits per heavy atom. The molecular weight excluding hydrogens is 360 g/mol. The molecule has 4 rings (SSSR count). The Morgan fingerprint density at radius 2 is 2.00 bits per heavy atom. The summed E-state index contributed by atoms with van der Waals surface area (Å²) in [6.45, 7) is 4.78. The predicted molar refractivity (Wildman–Crippen MR) is 108 cm³/mol. The molecule has 2 aromatic heterocycles. The van der Waals surface area contributed by atoms with Gasteiger partial charge in [0.25, 0.3) is 5.19 Å². The molecule has 0 radical (unpaired) electrons. The number of aromatic nitrogens is 3. The van der Waals surface area contributed by atoms with Crippen LogP contribution in [-0.2, 0) is 0 Å². The van der Waals surface area contributed by atoms with Gasteiger partial charge in [-0.15, -0.1) is 5.10 Å². The van der Waals surface area contributed by atoms with E-state index >= 15 is 0 Å². The minimum atomic E-state index is 0.687. The molecule has 3 aromatic rings. The molecule has 1 fully saturated rings. The molecule has 1 aromatic carbocycles. The van der Waals surface area contributed by atoms with Crippen molar-refractivity contribution < 1.29 is 9.47 Å². The van der Waals surface area contributed by atoms with Gasteiger partial charge in [-0.25, -0.2) is 4.98 Å². The first-order valence-corrected chi connectivity index (χ1v) is 10.2. The Kier molecular flexibility index (Phi) is 5.38. The normalized spacial score (nSPS) is 15.3. The van der Waals surface area contributed by atoms with Gasteiger partial charge in [-0.1, -0.05) is 11.3 Å².